The fourth-order valence-electron chi connectivity index (χ4n) is 2.00. The highest BCUT2D eigenvalue weighted by molar-refractivity contribution is 5.70. The van der Waals surface area contributed by atoms with Crippen LogP contribution in [0, 0.1) is 24.1 Å². The zero-order valence-corrected chi connectivity index (χ0v) is 11.5. The molecule has 0 N–H and O–H groups in total. The molecule has 1 fully saturated rings. The topological polar surface area (TPSA) is 58.4 Å². The maximum atomic E-state index is 13.7. The van der Waals surface area contributed by atoms with Crippen LogP contribution < -0.4 is 4.74 Å². The number of hydrogen-bond donors (Lipinski definition) is 0. The zero-order chi connectivity index (χ0) is 14.8. The summed E-state index contributed by atoms with van der Waals surface area (Å²) in [4.78, 5) is 3.83. The van der Waals surface area contributed by atoms with Gasteiger partial charge in [0.1, 0.15) is 24.5 Å². The third-order valence-electron chi connectivity index (χ3n) is 3.22. The Labute approximate surface area is 121 Å². The van der Waals surface area contributed by atoms with Crippen LogP contribution in [-0.2, 0) is 4.74 Å². The third-order valence-corrected chi connectivity index (χ3v) is 3.22. The molecule has 1 aliphatic heterocycles. The lowest BCUT2D eigenvalue weighted by molar-refractivity contribution is 0.264. The fraction of sp³-hybridized carbons (Fsp3) is 0.250. The number of rotatable bonds is 4. The van der Waals surface area contributed by atoms with E-state index >= 15 is 0 Å². The van der Waals surface area contributed by atoms with Gasteiger partial charge in [0.15, 0.2) is 11.5 Å². The predicted octanol–water partition coefficient (Wildman–Crippen LogP) is 2.85. The molecule has 2 aromatic rings. The van der Waals surface area contributed by atoms with E-state index in [0.717, 1.165) is 11.1 Å². The summed E-state index contributed by atoms with van der Waals surface area (Å²) in [6.07, 6.45) is 1.63. The number of aromatic nitrogens is 1. The average Bonchev–Trinajstić information content (AvgIpc) is 3.29. The Balaban J connectivity index is 1.96. The molecule has 0 spiro atoms. The van der Waals surface area contributed by atoms with E-state index in [1.807, 2.05) is 25.1 Å². The van der Waals surface area contributed by atoms with Crippen LogP contribution in [0.15, 0.2) is 30.5 Å². The number of nitrogens with zero attached hydrogens (tertiary/aromatic N) is 2. The number of halogens is 1. The second kappa shape index (κ2) is 5.51. The molecular weight excluding hydrogens is 271 g/mol. The van der Waals surface area contributed by atoms with E-state index < -0.39 is 5.82 Å². The van der Waals surface area contributed by atoms with Crippen LogP contribution in [0.2, 0.25) is 0 Å². The first-order valence-corrected chi connectivity index (χ1v) is 6.58. The molecule has 1 saturated heterocycles. The first-order chi connectivity index (χ1) is 10.2. The molecule has 1 aromatic carbocycles. The molecule has 0 bridgehead atoms. The fourth-order valence-corrected chi connectivity index (χ4v) is 2.00. The maximum Gasteiger partial charge on any atom is 0.176 e. The summed E-state index contributed by atoms with van der Waals surface area (Å²) in [5.74, 6) is 0.0310. The Hall–Kier alpha value is -2.45. The number of hydrogen-bond acceptors (Lipinski definition) is 4. The van der Waals surface area contributed by atoms with E-state index in [1.165, 1.54) is 12.3 Å². The van der Waals surface area contributed by atoms with Crippen molar-refractivity contribution in [3.05, 3.63) is 47.5 Å². The minimum absolute atomic E-state index is 0.147. The summed E-state index contributed by atoms with van der Waals surface area (Å²) in [5, 5.41) is 8.73. The highest BCUT2D eigenvalue weighted by Gasteiger charge is 2.23. The van der Waals surface area contributed by atoms with E-state index in [1.54, 1.807) is 6.07 Å². The van der Waals surface area contributed by atoms with Gasteiger partial charge in [0.05, 0.1) is 6.61 Å². The maximum absolute atomic E-state index is 13.7. The second-order valence-electron chi connectivity index (χ2n) is 4.93. The summed E-state index contributed by atoms with van der Waals surface area (Å²) in [7, 11) is 0. The number of aryl methyl sites for hydroxylation is 1. The van der Waals surface area contributed by atoms with E-state index in [0.29, 0.717) is 24.5 Å². The van der Waals surface area contributed by atoms with Crippen molar-refractivity contribution < 1.29 is 13.9 Å². The van der Waals surface area contributed by atoms with Crippen molar-refractivity contribution in [2.24, 2.45) is 0 Å². The first kappa shape index (κ1) is 13.5. The SMILES string of the molecule is Cc1ccc(-c2cnc(C#N)c(F)c2)c(OC[C@@H]2CO2)c1. The summed E-state index contributed by atoms with van der Waals surface area (Å²) in [6.45, 7) is 3.15. The van der Waals surface area contributed by atoms with Crippen molar-refractivity contribution in [2.45, 2.75) is 13.0 Å². The molecule has 4 nitrogen and oxygen atoms in total. The molecule has 106 valence electrons. The molecule has 0 saturated carbocycles. The van der Waals surface area contributed by atoms with Crippen molar-refractivity contribution in [2.75, 3.05) is 13.2 Å². The van der Waals surface area contributed by atoms with Gasteiger partial charge in [0.2, 0.25) is 0 Å². The first-order valence-electron chi connectivity index (χ1n) is 6.58. The van der Waals surface area contributed by atoms with Crippen molar-refractivity contribution in [3.8, 4) is 22.9 Å². The van der Waals surface area contributed by atoms with Crippen LogP contribution >= 0.6 is 0 Å². The molecule has 0 amide bonds. The van der Waals surface area contributed by atoms with Gasteiger partial charge in [-0.1, -0.05) is 12.1 Å². The van der Waals surface area contributed by atoms with Crippen LogP contribution in [-0.4, -0.2) is 24.3 Å². The number of pyridine rings is 1. The molecule has 0 unspecified atom stereocenters. The molecule has 1 aromatic heterocycles. The average molecular weight is 284 g/mol. The summed E-state index contributed by atoms with van der Waals surface area (Å²) < 4.78 is 24.6. The lowest BCUT2D eigenvalue weighted by atomic mass is 10.0. The van der Waals surface area contributed by atoms with Gasteiger partial charge in [0.25, 0.3) is 0 Å². The van der Waals surface area contributed by atoms with Gasteiger partial charge < -0.3 is 9.47 Å². The smallest absolute Gasteiger partial charge is 0.176 e. The highest BCUT2D eigenvalue weighted by Crippen LogP contribution is 2.32. The van der Waals surface area contributed by atoms with Crippen LogP contribution in [0.3, 0.4) is 0 Å². The number of nitriles is 1. The van der Waals surface area contributed by atoms with Crippen molar-refractivity contribution in [1.82, 2.24) is 4.98 Å². The number of epoxide rings is 1. The van der Waals surface area contributed by atoms with Crippen LogP contribution in [0.25, 0.3) is 11.1 Å². The van der Waals surface area contributed by atoms with Gasteiger partial charge in [-0.2, -0.15) is 5.26 Å². The largest absolute Gasteiger partial charge is 0.490 e. The zero-order valence-electron chi connectivity index (χ0n) is 11.5. The quantitative estimate of drug-likeness (QED) is 0.810. The van der Waals surface area contributed by atoms with Crippen molar-refractivity contribution in [1.29, 1.82) is 5.26 Å². The highest BCUT2D eigenvalue weighted by atomic mass is 19.1. The normalized spacial score (nSPS) is 16.3. The Morgan fingerprint density at radius 3 is 2.95 bits per heavy atom. The van der Waals surface area contributed by atoms with Crippen LogP contribution in [0.1, 0.15) is 11.3 Å². The minimum atomic E-state index is -0.632. The van der Waals surface area contributed by atoms with Crippen molar-refractivity contribution >= 4 is 0 Å². The lowest BCUT2D eigenvalue weighted by Crippen LogP contribution is -2.05. The molecular formula is C16H13FN2O2. The van der Waals surface area contributed by atoms with E-state index in [4.69, 9.17) is 14.7 Å². The van der Waals surface area contributed by atoms with Gasteiger partial charge in [-0.3, -0.25) is 0 Å². The van der Waals surface area contributed by atoms with Gasteiger partial charge in [0, 0.05) is 17.3 Å². The minimum Gasteiger partial charge on any atom is -0.490 e. The monoisotopic (exact) mass is 284 g/mol. The lowest BCUT2D eigenvalue weighted by Gasteiger charge is -2.12. The van der Waals surface area contributed by atoms with Gasteiger partial charge in [-0.05, 0) is 24.6 Å². The number of ether oxygens (including phenoxy) is 2. The van der Waals surface area contributed by atoms with Gasteiger partial charge in [-0.15, -0.1) is 0 Å². The predicted molar refractivity (Wildman–Crippen MR) is 74.3 cm³/mol. The Morgan fingerprint density at radius 2 is 2.29 bits per heavy atom. The Bertz CT molecular complexity index is 721. The van der Waals surface area contributed by atoms with Gasteiger partial charge >= 0.3 is 0 Å². The molecule has 3 rings (SSSR count). The third kappa shape index (κ3) is 3.01. The number of benzene rings is 1. The molecule has 5 heteroatoms. The molecule has 2 heterocycles. The standard InChI is InChI=1S/C16H13FN2O2/c1-10-2-3-13(16(4-10)21-9-12-8-20-12)11-5-14(17)15(6-18)19-7-11/h2-5,7,12H,8-9H2,1H3/t12-/m0/s1. The molecule has 0 aliphatic carbocycles. The summed E-state index contributed by atoms with van der Waals surface area (Å²) >= 11 is 0. The molecule has 0 radical (unpaired) electrons. The van der Waals surface area contributed by atoms with Gasteiger partial charge in [-0.25, -0.2) is 9.37 Å². The summed E-state index contributed by atoms with van der Waals surface area (Å²) in [6, 6.07) is 8.70. The van der Waals surface area contributed by atoms with E-state index in [9.17, 15) is 4.39 Å². The Morgan fingerprint density at radius 1 is 1.48 bits per heavy atom. The molecule has 1 aliphatic rings. The van der Waals surface area contributed by atoms with E-state index in [2.05, 4.69) is 4.98 Å². The molecule has 21 heavy (non-hydrogen) atoms. The van der Waals surface area contributed by atoms with E-state index in [-0.39, 0.29) is 11.8 Å². The Kier molecular flexibility index (Phi) is 3.55. The molecule has 1 atom stereocenters. The van der Waals surface area contributed by atoms with Crippen LogP contribution in [0.4, 0.5) is 4.39 Å². The summed E-state index contributed by atoms with van der Waals surface area (Å²) in [5.41, 5.74) is 2.17. The second-order valence-corrected chi connectivity index (χ2v) is 4.93. The van der Waals surface area contributed by atoms with Crippen molar-refractivity contribution in [3.63, 3.8) is 0 Å². The van der Waals surface area contributed by atoms with Crippen LogP contribution in [0.5, 0.6) is 5.75 Å².